The number of imide groups is 2. The molecule has 0 saturated carbocycles. The van der Waals surface area contributed by atoms with Crippen molar-refractivity contribution >= 4 is 47.2 Å². The van der Waals surface area contributed by atoms with Crippen molar-refractivity contribution in [3.63, 3.8) is 0 Å². The lowest BCUT2D eigenvalue weighted by molar-refractivity contribution is -0.136. The largest absolute Gasteiger partial charge is 0.483 e. The number of nitrogens with zero attached hydrogens (tertiary/aromatic N) is 7. The Kier molecular flexibility index (Phi) is 13.8. The number of carbonyl (C=O) groups excluding carboxylic acids is 7. The lowest BCUT2D eigenvalue weighted by Crippen LogP contribution is -2.54. The van der Waals surface area contributed by atoms with Crippen LogP contribution >= 0.6 is 0 Å². The predicted octanol–water partition coefficient (Wildman–Crippen LogP) is 4.03. The van der Waals surface area contributed by atoms with Gasteiger partial charge in [-0.15, -0.1) is 5.10 Å². The molecule has 0 bridgehead atoms. The highest BCUT2D eigenvalue weighted by Gasteiger charge is 2.46. The molecule has 0 radical (unpaired) electrons. The molecule has 20 heteroatoms. The number of piperidine rings is 2. The van der Waals surface area contributed by atoms with Crippen LogP contribution in [0.5, 0.6) is 17.2 Å². The lowest BCUT2D eigenvalue weighted by atomic mass is 9.86. The number of ether oxygens (including phenoxy) is 2. The van der Waals surface area contributed by atoms with Gasteiger partial charge < -0.3 is 30.7 Å². The van der Waals surface area contributed by atoms with Crippen LogP contribution in [0.4, 0.5) is 5.82 Å². The molecule has 5 N–H and O–H groups in total. The number of fused-ring (bicyclic) bond motifs is 2. The topological polar surface area (TPSA) is 255 Å². The average molecular weight is 940 g/mol. The molecule has 7 amide bonds. The fourth-order valence-corrected chi connectivity index (χ4v) is 9.58. The van der Waals surface area contributed by atoms with Crippen molar-refractivity contribution in [2.24, 2.45) is 11.7 Å². The van der Waals surface area contributed by atoms with E-state index in [0.717, 1.165) is 41.2 Å². The Balaban J connectivity index is 0.676. The molecule has 9 rings (SSSR count). The highest BCUT2D eigenvalue weighted by molar-refractivity contribution is 6.24. The van der Waals surface area contributed by atoms with Crippen LogP contribution in [0.15, 0.2) is 79.0 Å². The zero-order valence-electron chi connectivity index (χ0n) is 37.9. The number of benzene rings is 3. The summed E-state index contributed by atoms with van der Waals surface area (Å²) in [4.78, 5) is 91.9. The van der Waals surface area contributed by atoms with Gasteiger partial charge in [-0.05, 0) is 106 Å². The number of rotatable bonds is 18. The fourth-order valence-electron chi connectivity index (χ4n) is 9.58. The van der Waals surface area contributed by atoms with E-state index in [0.29, 0.717) is 87.7 Å². The van der Waals surface area contributed by atoms with Gasteiger partial charge in [-0.25, -0.2) is 4.68 Å². The Morgan fingerprint density at radius 3 is 2.41 bits per heavy atom. The summed E-state index contributed by atoms with van der Waals surface area (Å²) in [5, 5.41) is 21.8. The van der Waals surface area contributed by atoms with Gasteiger partial charge in [0.15, 0.2) is 6.61 Å². The molecule has 3 aromatic carbocycles. The minimum absolute atomic E-state index is 0.00591. The van der Waals surface area contributed by atoms with E-state index in [9.17, 15) is 33.6 Å². The molecule has 0 spiro atoms. The smallest absolute Gasteiger partial charge is 0.266 e. The molecular formula is C49H53N11O9. The third kappa shape index (κ3) is 10.2. The van der Waals surface area contributed by atoms with Crippen molar-refractivity contribution in [2.45, 2.75) is 82.8 Å². The van der Waals surface area contributed by atoms with Crippen molar-refractivity contribution < 1.29 is 43.0 Å². The number of amides is 7. The molecular weight excluding hydrogens is 887 g/mol. The van der Waals surface area contributed by atoms with Gasteiger partial charge in [-0.3, -0.25) is 48.5 Å². The number of primary amides is 1. The quantitative estimate of drug-likeness (QED) is 0.0716. The van der Waals surface area contributed by atoms with Gasteiger partial charge in [-0.2, -0.15) is 5.10 Å². The van der Waals surface area contributed by atoms with Crippen LogP contribution in [0.3, 0.4) is 0 Å². The van der Waals surface area contributed by atoms with E-state index in [-0.39, 0.29) is 54.2 Å². The number of aromatic nitrogens is 5. The molecule has 5 aromatic rings. The van der Waals surface area contributed by atoms with E-state index in [2.05, 4.69) is 26.3 Å². The highest BCUT2D eigenvalue weighted by Crippen LogP contribution is 2.40. The van der Waals surface area contributed by atoms with E-state index in [4.69, 9.17) is 20.3 Å². The Morgan fingerprint density at radius 2 is 1.64 bits per heavy atom. The number of unbranched alkanes of at least 4 members (excludes halogenated alkanes) is 1. The van der Waals surface area contributed by atoms with E-state index in [1.165, 1.54) is 18.2 Å². The number of anilines is 1. The van der Waals surface area contributed by atoms with Gasteiger partial charge in [0.2, 0.25) is 17.7 Å². The fraction of sp³-hybridized carbons (Fsp3) is 0.388. The number of hydrogen-bond acceptors (Lipinski definition) is 13. The molecule has 4 aliphatic rings. The second-order valence-corrected chi connectivity index (χ2v) is 17.6. The standard InChI is InChI=1S/C49H53N11O9/c50-45(64)43-44(31-14-16-34(17-15-31)69-33-9-2-1-3-10-33)55-60-36(20-24-52-46(43)60)30-21-26-57(27-22-30)41(63)13-6-8-32-28-58(56-54-32)25-5-4-23-51-40(62)29-68-38-12-7-11-35-42(38)49(67)59(48(35)66)37-18-19-39(61)53-47(37)65/h1-3,7,9-12,14-17,28,30,36-37,52H,4-6,8,13,18-27,29H2,(H2,50,64)(H,51,62)(H,53,61,65)/t36-,37?/m0/s1. The second-order valence-electron chi connectivity index (χ2n) is 17.6. The van der Waals surface area contributed by atoms with Gasteiger partial charge in [0, 0.05) is 57.3 Å². The molecule has 6 heterocycles. The summed E-state index contributed by atoms with van der Waals surface area (Å²) in [6, 6.07) is 20.4. The third-order valence-electron chi connectivity index (χ3n) is 13.1. The summed E-state index contributed by atoms with van der Waals surface area (Å²) in [5.41, 5.74) is 8.45. The summed E-state index contributed by atoms with van der Waals surface area (Å²) in [6.45, 7) is 2.56. The maximum absolute atomic E-state index is 13.3. The zero-order valence-corrected chi connectivity index (χ0v) is 37.9. The monoisotopic (exact) mass is 939 g/mol. The Hall–Kier alpha value is -7.90. The molecule has 2 aromatic heterocycles. The maximum Gasteiger partial charge on any atom is 0.266 e. The van der Waals surface area contributed by atoms with Crippen molar-refractivity contribution in [3.8, 4) is 28.5 Å². The minimum atomic E-state index is -1.11. The lowest BCUT2D eigenvalue weighted by Gasteiger charge is -2.38. The van der Waals surface area contributed by atoms with E-state index in [1.807, 2.05) is 70.4 Å². The van der Waals surface area contributed by atoms with Crippen LogP contribution in [0, 0.1) is 5.92 Å². The van der Waals surface area contributed by atoms with E-state index < -0.39 is 41.5 Å². The molecule has 0 aliphatic carbocycles. The number of aryl methyl sites for hydroxylation is 2. The molecule has 2 saturated heterocycles. The van der Waals surface area contributed by atoms with Gasteiger partial charge >= 0.3 is 0 Å². The average Bonchev–Trinajstić information content (AvgIpc) is 4.05. The molecule has 2 atom stereocenters. The normalized spacial score (nSPS) is 18.0. The maximum atomic E-state index is 13.3. The minimum Gasteiger partial charge on any atom is -0.483 e. The SMILES string of the molecule is NC(=O)c1c(-c2ccc(Oc3ccccc3)cc2)nn2c1NCC[C@H]2C1CCN(C(=O)CCCc2cn(CCCCNC(=O)COc3cccc4c3C(=O)N(C3CCC(=O)NC3=O)C4=O)nn2)CC1. The number of likely N-dealkylation sites (tertiary alicyclic amines) is 1. The van der Waals surface area contributed by atoms with Gasteiger partial charge in [0.25, 0.3) is 23.6 Å². The highest BCUT2D eigenvalue weighted by atomic mass is 16.5. The number of carbonyl (C=O) groups is 7. The molecule has 1 unspecified atom stereocenters. The number of nitrogens with one attached hydrogen (secondary N) is 3. The second kappa shape index (κ2) is 20.5. The predicted molar refractivity (Wildman–Crippen MR) is 248 cm³/mol. The van der Waals surface area contributed by atoms with Crippen LogP contribution in [0.1, 0.15) is 101 Å². The Labute approximate surface area is 396 Å². The van der Waals surface area contributed by atoms with Crippen molar-refractivity contribution in [1.29, 1.82) is 0 Å². The molecule has 4 aliphatic heterocycles. The Bertz CT molecular complexity index is 2760. The summed E-state index contributed by atoms with van der Waals surface area (Å²) < 4.78 is 15.3. The first-order valence-electron chi connectivity index (χ1n) is 23.4. The van der Waals surface area contributed by atoms with Crippen molar-refractivity contribution in [2.75, 3.05) is 38.1 Å². The third-order valence-corrected chi connectivity index (χ3v) is 13.1. The summed E-state index contributed by atoms with van der Waals surface area (Å²) in [6.07, 6.45) is 7.42. The van der Waals surface area contributed by atoms with Gasteiger partial charge in [0.1, 0.15) is 40.4 Å². The molecule has 358 valence electrons. The first kappa shape index (κ1) is 46.2. The molecule has 20 nitrogen and oxygen atoms in total. The number of nitrogens with two attached hydrogens (primary N) is 1. The summed E-state index contributed by atoms with van der Waals surface area (Å²) in [7, 11) is 0. The summed E-state index contributed by atoms with van der Waals surface area (Å²) in [5.74, 6) is -1.03. The number of para-hydroxylation sites is 1. The Morgan fingerprint density at radius 1 is 0.855 bits per heavy atom. The van der Waals surface area contributed by atoms with E-state index in [1.54, 1.807) is 4.68 Å². The van der Waals surface area contributed by atoms with E-state index >= 15 is 0 Å². The number of hydrogen-bond donors (Lipinski definition) is 4. The van der Waals surface area contributed by atoms with Gasteiger partial charge in [-0.1, -0.05) is 29.5 Å². The first-order valence-corrected chi connectivity index (χ1v) is 23.4. The van der Waals surface area contributed by atoms with Crippen LogP contribution < -0.4 is 31.2 Å². The first-order chi connectivity index (χ1) is 33.5. The molecule has 2 fully saturated rings. The van der Waals surface area contributed by atoms with Crippen LogP contribution in [0.25, 0.3) is 11.3 Å². The van der Waals surface area contributed by atoms with Gasteiger partial charge in [0.05, 0.1) is 22.9 Å². The van der Waals surface area contributed by atoms with Crippen LogP contribution in [-0.2, 0) is 32.1 Å². The van der Waals surface area contributed by atoms with Crippen molar-refractivity contribution in [1.82, 2.24) is 45.2 Å². The summed E-state index contributed by atoms with van der Waals surface area (Å²) >= 11 is 0. The van der Waals surface area contributed by atoms with Crippen molar-refractivity contribution in [3.05, 3.63) is 101 Å². The molecule has 69 heavy (non-hydrogen) atoms. The van der Waals surface area contributed by atoms with Crippen LogP contribution in [-0.4, -0.2) is 115 Å². The zero-order chi connectivity index (χ0) is 48.0. The van der Waals surface area contributed by atoms with Crippen LogP contribution in [0.2, 0.25) is 0 Å².